The van der Waals surface area contributed by atoms with Crippen molar-refractivity contribution in [1.29, 1.82) is 0 Å². The Kier molecular flexibility index (Phi) is 10.6. The summed E-state index contributed by atoms with van der Waals surface area (Å²) in [6, 6.07) is 11.0. The SMILES string of the molecule is COc1cc(CN(C)CC(O)COc2ccc(Cl)cc2Cl)ccc1OCCN1CCC(C)CC1. The van der Waals surface area contributed by atoms with Gasteiger partial charge in [0.25, 0.3) is 0 Å². The van der Waals surface area contributed by atoms with Gasteiger partial charge in [0.2, 0.25) is 0 Å². The minimum absolute atomic E-state index is 0.137. The van der Waals surface area contributed by atoms with Crippen LogP contribution in [0.5, 0.6) is 17.2 Å². The first-order chi connectivity index (χ1) is 16.3. The molecule has 6 nitrogen and oxygen atoms in total. The molecule has 1 aliphatic heterocycles. The second-order valence-electron chi connectivity index (χ2n) is 9.09. The van der Waals surface area contributed by atoms with Crippen molar-refractivity contribution in [1.82, 2.24) is 9.80 Å². The van der Waals surface area contributed by atoms with E-state index in [2.05, 4.69) is 11.8 Å². The zero-order valence-corrected chi connectivity index (χ0v) is 21.8. The van der Waals surface area contributed by atoms with Gasteiger partial charge in [-0.2, -0.15) is 0 Å². The van der Waals surface area contributed by atoms with Crippen LogP contribution in [0.4, 0.5) is 0 Å². The van der Waals surface area contributed by atoms with Crippen molar-refractivity contribution in [2.24, 2.45) is 5.92 Å². The molecule has 0 spiro atoms. The van der Waals surface area contributed by atoms with Crippen LogP contribution in [0.3, 0.4) is 0 Å². The fourth-order valence-electron chi connectivity index (χ4n) is 4.07. The molecule has 3 rings (SSSR count). The molecule has 1 atom stereocenters. The zero-order chi connectivity index (χ0) is 24.5. The molecule has 0 aromatic heterocycles. The number of piperidine rings is 1. The van der Waals surface area contributed by atoms with Gasteiger partial charge in [-0.05, 0) is 74.8 Å². The molecule has 2 aromatic carbocycles. The first-order valence-electron chi connectivity index (χ1n) is 11.8. The van der Waals surface area contributed by atoms with Crippen LogP contribution in [0, 0.1) is 5.92 Å². The predicted octanol–water partition coefficient (Wildman–Crippen LogP) is 4.98. The second-order valence-corrected chi connectivity index (χ2v) is 9.94. The Hall–Kier alpha value is -1.70. The molecule has 0 saturated carbocycles. The summed E-state index contributed by atoms with van der Waals surface area (Å²) in [7, 11) is 3.61. The quantitative estimate of drug-likeness (QED) is 0.434. The lowest BCUT2D eigenvalue weighted by molar-refractivity contribution is 0.0744. The summed E-state index contributed by atoms with van der Waals surface area (Å²) < 4.78 is 17.2. The lowest BCUT2D eigenvalue weighted by atomic mass is 9.99. The van der Waals surface area contributed by atoms with E-state index >= 15 is 0 Å². The number of aliphatic hydroxyl groups excluding tert-OH is 1. The smallest absolute Gasteiger partial charge is 0.161 e. The highest BCUT2D eigenvalue weighted by Crippen LogP contribution is 2.29. The fraction of sp³-hybridized carbons (Fsp3) is 0.538. The Morgan fingerprint density at radius 3 is 2.50 bits per heavy atom. The van der Waals surface area contributed by atoms with Crippen molar-refractivity contribution in [3.05, 3.63) is 52.0 Å². The molecular formula is C26H36Cl2N2O4. The Morgan fingerprint density at radius 2 is 1.79 bits per heavy atom. The Morgan fingerprint density at radius 1 is 1.06 bits per heavy atom. The number of hydrogen-bond acceptors (Lipinski definition) is 6. The van der Waals surface area contributed by atoms with Gasteiger partial charge >= 0.3 is 0 Å². The van der Waals surface area contributed by atoms with Crippen LogP contribution in [-0.2, 0) is 6.54 Å². The maximum atomic E-state index is 10.4. The maximum Gasteiger partial charge on any atom is 0.161 e. The number of methoxy groups -OCH3 is 1. The van der Waals surface area contributed by atoms with Crippen molar-refractivity contribution in [2.45, 2.75) is 32.4 Å². The van der Waals surface area contributed by atoms with Crippen molar-refractivity contribution in [2.75, 3.05) is 53.6 Å². The number of hydrogen-bond donors (Lipinski definition) is 1. The molecule has 188 valence electrons. The summed E-state index contributed by atoms with van der Waals surface area (Å²) in [5.74, 6) is 2.81. The highest BCUT2D eigenvalue weighted by atomic mass is 35.5. The largest absolute Gasteiger partial charge is 0.493 e. The third kappa shape index (κ3) is 8.51. The zero-order valence-electron chi connectivity index (χ0n) is 20.3. The lowest BCUT2D eigenvalue weighted by Crippen LogP contribution is -2.35. The normalized spacial score (nSPS) is 16.0. The standard InChI is InChI=1S/C26H36Cl2N2O4/c1-19-8-10-30(11-9-19)12-13-33-25-6-4-20(14-26(25)32-3)16-29(2)17-22(31)18-34-24-7-5-21(27)15-23(24)28/h4-7,14-15,19,22,31H,8-13,16-18H2,1-3H3. The van der Waals surface area contributed by atoms with E-state index in [9.17, 15) is 5.11 Å². The number of ether oxygens (including phenoxy) is 3. The van der Waals surface area contributed by atoms with Crippen molar-refractivity contribution in [3.8, 4) is 17.2 Å². The van der Waals surface area contributed by atoms with Crippen LogP contribution in [0.1, 0.15) is 25.3 Å². The summed E-state index contributed by atoms with van der Waals surface area (Å²) in [6.45, 7) is 7.44. The molecule has 2 aromatic rings. The Labute approximate surface area is 213 Å². The number of likely N-dealkylation sites (tertiary alicyclic amines) is 1. The van der Waals surface area contributed by atoms with E-state index in [1.54, 1.807) is 25.3 Å². The molecular weight excluding hydrogens is 475 g/mol. The number of aliphatic hydroxyl groups is 1. The third-order valence-corrected chi connectivity index (χ3v) is 6.60. The van der Waals surface area contributed by atoms with Gasteiger partial charge in [-0.15, -0.1) is 0 Å². The van der Waals surface area contributed by atoms with Crippen molar-refractivity contribution < 1.29 is 19.3 Å². The molecule has 0 radical (unpaired) electrons. The summed E-state index contributed by atoms with van der Waals surface area (Å²) in [5.41, 5.74) is 1.07. The van der Waals surface area contributed by atoms with E-state index in [-0.39, 0.29) is 6.61 Å². The minimum atomic E-state index is -0.668. The van der Waals surface area contributed by atoms with E-state index < -0.39 is 6.10 Å². The Balaban J connectivity index is 1.44. The highest BCUT2D eigenvalue weighted by molar-refractivity contribution is 6.35. The van der Waals surface area contributed by atoms with Crippen LogP contribution in [0.15, 0.2) is 36.4 Å². The average molecular weight is 511 g/mol. The molecule has 0 aliphatic carbocycles. The van der Waals surface area contributed by atoms with Crippen LogP contribution in [-0.4, -0.2) is 74.6 Å². The van der Waals surface area contributed by atoms with Crippen LogP contribution >= 0.6 is 23.2 Å². The summed E-state index contributed by atoms with van der Waals surface area (Å²) >= 11 is 12.0. The van der Waals surface area contributed by atoms with Gasteiger partial charge in [0.05, 0.1) is 12.1 Å². The van der Waals surface area contributed by atoms with Gasteiger partial charge in [-0.1, -0.05) is 36.2 Å². The molecule has 8 heteroatoms. The molecule has 1 heterocycles. The number of rotatable bonds is 12. The molecule has 1 saturated heterocycles. The fourth-order valence-corrected chi connectivity index (χ4v) is 4.53. The second kappa shape index (κ2) is 13.4. The molecule has 1 N–H and O–H groups in total. The predicted molar refractivity (Wildman–Crippen MR) is 138 cm³/mol. The first kappa shape index (κ1) is 26.9. The van der Waals surface area contributed by atoms with Gasteiger partial charge in [-0.25, -0.2) is 0 Å². The highest BCUT2D eigenvalue weighted by Gasteiger charge is 2.16. The van der Waals surface area contributed by atoms with E-state index in [4.69, 9.17) is 37.4 Å². The van der Waals surface area contributed by atoms with Crippen molar-refractivity contribution in [3.63, 3.8) is 0 Å². The topological polar surface area (TPSA) is 54.4 Å². The summed E-state index contributed by atoms with van der Waals surface area (Å²) in [6.07, 6.45) is 1.86. The van der Waals surface area contributed by atoms with E-state index in [0.29, 0.717) is 35.5 Å². The summed E-state index contributed by atoms with van der Waals surface area (Å²) in [4.78, 5) is 4.50. The van der Waals surface area contributed by atoms with Gasteiger partial charge < -0.3 is 19.3 Å². The monoisotopic (exact) mass is 510 g/mol. The molecule has 1 aliphatic rings. The lowest BCUT2D eigenvalue weighted by Gasteiger charge is -2.30. The van der Waals surface area contributed by atoms with Crippen molar-refractivity contribution >= 4 is 23.2 Å². The van der Waals surface area contributed by atoms with Crippen LogP contribution in [0.2, 0.25) is 10.0 Å². The molecule has 34 heavy (non-hydrogen) atoms. The van der Waals surface area contributed by atoms with E-state index in [1.807, 2.05) is 30.1 Å². The maximum absolute atomic E-state index is 10.4. The van der Waals surface area contributed by atoms with E-state index in [0.717, 1.165) is 42.6 Å². The molecule has 1 fully saturated rings. The third-order valence-electron chi connectivity index (χ3n) is 6.07. The van der Waals surface area contributed by atoms with Gasteiger partial charge in [0, 0.05) is 24.7 Å². The Bertz CT molecular complexity index is 906. The molecule has 0 bridgehead atoms. The number of halogens is 2. The summed E-state index contributed by atoms with van der Waals surface area (Å²) in [5, 5.41) is 11.4. The average Bonchev–Trinajstić information content (AvgIpc) is 2.80. The van der Waals surface area contributed by atoms with Crippen LogP contribution < -0.4 is 14.2 Å². The number of likely N-dealkylation sites (N-methyl/N-ethyl adjacent to an activating group) is 1. The van der Waals surface area contributed by atoms with Gasteiger partial charge in [0.15, 0.2) is 11.5 Å². The van der Waals surface area contributed by atoms with Gasteiger partial charge in [0.1, 0.15) is 25.1 Å². The minimum Gasteiger partial charge on any atom is -0.493 e. The first-order valence-corrected chi connectivity index (χ1v) is 12.6. The van der Waals surface area contributed by atoms with Gasteiger partial charge in [-0.3, -0.25) is 9.80 Å². The molecule has 1 unspecified atom stereocenters. The molecule has 0 amide bonds. The number of benzene rings is 2. The van der Waals surface area contributed by atoms with Crippen LogP contribution in [0.25, 0.3) is 0 Å². The number of nitrogens with zero attached hydrogens (tertiary/aromatic N) is 2. The van der Waals surface area contributed by atoms with E-state index in [1.165, 1.54) is 12.8 Å².